The molecule has 0 amide bonds. The topological polar surface area (TPSA) is 27.1 Å². The predicted octanol–water partition coefficient (Wildman–Crippen LogP) is 1.63. The molecule has 0 aliphatic carbocycles. The average Bonchev–Trinajstić information content (AvgIpc) is 2.62. The van der Waals surface area contributed by atoms with E-state index in [1.165, 1.54) is 10.4 Å². The second kappa shape index (κ2) is 2.31. The molecule has 0 fully saturated rings. The number of fused-ring (bicyclic) bond motifs is 3. The normalized spacial score (nSPS) is 16.7. The van der Waals surface area contributed by atoms with Gasteiger partial charge in [-0.1, -0.05) is 0 Å². The summed E-state index contributed by atoms with van der Waals surface area (Å²) in [6.07, 6.45) is 0. The fourth-order valence-corrected chi connectivity index (χ4v) is 2.41. The van der Waals surface area contributed by atoms with Crippen molar-refractivity contribution < 1.29 is 4.74 Å². The summed E-state index contributed by atoms with van der Waals surface area (Å²) < 4.78 is 8.72. The number of aromatic nitrogens is 2. The summed E-state index contributed by atoms with van der Waals surface area (Å²) in [5, 5.41) is 6.54. The van der Waals surface area contributed by atoms with Crippen LogP contribution in [0.15, 0.2) is 11.4 Å². The summed E-state index contributed by atoms with van der Waals surface area (Å²) in [6.45, 7) is 2.41. The van der Waals surface area contributed by atoms with Crippen LogP contribution in [-0.4, -0.2) is 16.4 Å². The van der Waals surface area contributed by atoms with Gasteiger partial charge in [-0.05, 0) is 11.4 Å². The molecular weight excluding hydrogens is 172 g/mol. The summed E-state index contributed by atoms with van der Waals surface area (Å²) in [5.74, 6) is 0. The maximum atomic E-state index is 5.38. The van der Waals surface area contributed by atoms with Gasteiger partial charge in [0.1, 0.15) is 5.52 Å². The second-order valence-electron chi connectivity index (χ2n) is 2.86. The Morgan fingerprint density at radius 2 is 2.58 bits per heavy atom. The molecule has 0 N–H and O–H groups in total. The molecule has 0 saturated carbocycles. The quantitative estimate of drug-likeness (QED) is 0.616. The standard InChI is InChI=1S/C8H8N2OS/c1-4-12-8-6(1)9-10-2-3-11-5-7(8)10/h1,4H,2-3,5H2. The lowest BCUT2D eigenvalue weighted by Gasteiger charge is -2.13. The Hall–Kier alpha value is -0.870. The first-order chi connectivity index (χ1) is 5.95. The van der Waals surface area contributed by atoms with Gasteiger partial charge in [-0.3, -0.25) is 4.68 Å². The Bertz CT molecular complexity index is 418. The van der Waals surface area contributed by atoms with Crippen LogP contribution < -0.4 is 0 Å². The Morgan fingerprint density at radius 3 is 3.58 bits per heavy atom. The molecule has 2 aromatic rings. The van der Waals surface area contributed by atoms with Crippen LogP contribution in [0.4, 0.5) is 0 Å². The Labute approximate surface area is 73.6 Å². The van der Waals surface area contributed by atoms with Crippen molar-refractivity contribution in [3.8, 4) is 0 Å². The molecule has 0 spiro atoms. The highest BCUT2D eigenvalue weighted by atomic mass is 32.1. The van der Waals surface area contributed by atoms with Crippen molar-refractivity contribution in [2.45, 2.75) is 13.2 Å². The van der Waals surface area contributed by atoms with Crippen LogP contribution in [0.3, 0.4) is 0 Å². The van der Waals surface area contributed by atoms with Crippen molar-refractivity contribution in [1.29, 1.82) is 0 Å². The SMILES string of the molecule is c1cc2nn3c(c2s1)COCC3. The van der Waals surface area contributed by atoms with Gasteiger partial charge in [0.25, 0.3) is 0 Å². The highest BCUT2D eigenvalue weighted by Gasteiger charge is 2.15. The zero-order valence-corrected chi connectivity index (χ0v) is 7.30. The number of nitrogens with zero attached hydrogens (tertiary/aromatic N) is 2. The zero-order valence-electron chi connectivity index (χ0n) is 6.49. The minimum atomic E-state index is 0.719. The number of hydrogen-bond acceptors (Lipinski definition) is 3. The van der Waals surface area contributed by atoms with Crippen molar-refractivity contribution in [3.05, 3.63) is 17.1 Å². The second-order valence-corrected chi connectivity index (χ2v) is 3.77. The van der Waals surface area contributed by atoms with E-state index in [1.807, 2.05) is 0 Å². The fourth-order valence-electron chi connectivity index (χ4n) is 1.55. The molecule has 1 aliphatic heterocycles. The maximum absolute atomic E-state index is 5.38. The molecule has 2 aromatic heterocycles. The first-order valence-electron chi connectivity index (χ1n) is 3.96. The molecule has 3 nitrogen and oxygen atoms in total. The van der Waals surface area contributed by atoms with E-state index in [1.54, 1.807) is 11.3 Å². The molecule has 3 heterocycles. The van der Waals surface area contributed by atoms with Gasteiger partial charge in [0.05, 0.1) is 30.2 Å². The van der Waals surface area contributed by atoms with Gasteiger partial charge >= 0.3 is 0 Å². The van der Waals surface area contributed by atoms with Crippen molar-refractivity contribution >= 4 is 21.6 Å². The van der Waals surface area contributed by atoms with E-state index in [0.29, 0.717) is 0 Å². The molecule has 0 unspecified atom stereocenters. The van der Waals surface area contributed by atoms with E-state index >= 15 is 0 Å². The van der Waals surface area contributed by atoms with Crippen molar-refractivity contribution in [2.75, 3.05) is 6.61 Å². The van der Waals surface area contributed by atoms with Crippen molar-refractivity contribution in [2.24, 2.45) is 0 Å². The molecule has 12 heavy (non-hydrogen) atoms. The maximum Gasteiger partial charge on any atom is 0.103 e. The zero-order chi connectivity index (χ0) is 7.97. The lowest BCUT2D eigenvalue weighted by molar-refractivity contribution is 0.0813. The van der Waals surface area contributed by atoms with Gasteiger partial charge in [0.2, 0.25) is 0 Å². The van der Waals surface area contributed by atoms with Gasteiger partial charge in [-0.25, -0.2) is 0 Å². The molecule has 3 rings (SSSR count). The van der Waals surface area contributed by atoms with E-state index < -0.39 is 0 Å². The largest absolute Gasteiger partial charge is 0.373 e. The van der Waals surface area contributed by atoms with Crippen LogP contribution in [0, 0.1) is 0 Å². The van der Waals surface area contributed by atoms with E-state index in [-0.39, 0.29) is 0 Å². The lowest BCUT2D eigenvalue weighted by Crippen LogP contribution is -2.16. The van der Waals surface area contributed by atoms with Crippen LogP contribution in [-0.2, 0) is 17.9 Å². The number of thiophene rings is 1. The first-order valence-corrected chi connectivity index (χ1v) is 4.84. The van der Waals surface area contributed by atoms with E-state index in [0.717, 1.165) is 25.3 Å². The molecule has 62 valence electrons. The summed E-state index contributed by atoms with van der Waals surface area (Å²) in [4.78, 5) is 0. The van der Waals surface area contributed by atoms with Crippen LogP contribution in [0.2, 0.25) is 0 Å². The van der Waals surface area contributed by atoms with E-state index in [9.17, 15) is 0 Å². The van der Waals surface area contributed by atoms with Crippen molar-refractivity contribution in [3.63, 3.8) is 0 Å². The van der Waals surface area contributed by atoms with Gasteiger partial charge in [-0.15, -0.1) is 11.3 Å². The summed E-state index contributed by atoms with van der Waals surface area (Å²) >= 11 is 1.75. The van der Waals surface area contributed by atoms with E-state index in [2.05, 4.69) is 21.2 Å². The number of rotatable bonds is 0. The van der Waals surface area contributed by atoms with Gasteiger partial charge < -0.3 is 4.74 Å². The van der Waals surface area contributed by atoms with Crippen LogP contribution in [0.25, 0.3) is 10.2 Å². The van der Waals surface area contributed by atoms with Crippen molar-refractivity contribution in [1.82, 2.24) is 9.78 Å². The van der Waals surface area contributed by atoms with Gasteiger partial charge in [0, 0.05) is 0 Å². The summed E-state index contributed by atoms with van der Waals surface area (Å²) in [7, 11) is 0. The molecule has 4 heteroatoms. The monoisotopic (exact) mass is 180 g/mol. The average molecular weight is 180 g/mol. The molecule has 0 saturated heterocycles. The van der Waals surface area contributed by atoms with Crippen LogP contribution >= 0.6 is 11.3 Å². The minimum absolute atomic E-state index is 0.719. The highest BCUT2D eigenvalue weighted by molar-refractivity contribution is 7.17. The Balaban J connectivity index is 2.34. The van der Waals surface area contributed by atoms with E-state index in [4.69, 9.17) is 4.74 Å². The molecule has 0 bridgehead atoms. The smallest absolute Gasteiger partial charge is 0.103 e. The van der Waals surface area contributed by atoms with Gasteiger partial charge in [0.15, 0.2) is 0 Å². The molecular formula is C8H8N2OS. The van der Waals surface area contributed by atoms with Crippen LogP contribution in [0.1, 0.15) is 5.69 Å². The fraction of sp³-hybridized carbons (Fsp3) is 0.375. The predicted molar refractivity (Wildman–Crippen MR) is 47.3 cm³/mol. The third-order valence-electron chi connectivity index (χ3n) is 2.13. The third-order valence-corrected chi connectivity index (χ3v) is 3.09. The summed E-state index contributed by atoms with van der Waals surface area (Å²) in [5.41, 5.74) is 2.35. The first kappa shape index (κ1) is 6.62. The summed E-state index contributed by atoms with van der Waals surface area (Å²) in [6, 6.07) is 2.06. The number of ether oxygens (including phenoxy) is 1. The molecule has 1 aliphatic rings. The highest BCUT2D eigenvalue weighted by Crippen LogP contribution is 2.26. The Kier molecular flexibility index (Phi) is 1.27. The molecule has 0 aromatic carbocycles. The molecule has 0 atom stereocenters. The van der Waals surface area contributed by atoms with Gasteiger partial charge in [-0.2, -0.15) is 5.10 Å². The third kappa shape index (κ3) is 0.763. The Morgan fingerprint density at radius 1 is 1.58 bits per heavy atom. The minimum Gasteiger partial charge on any atom is -0.373 e. The number of hydrogen-bond donors (Lipinski definition) is 0. The van der Waals surface area contributed by atoms with Crippen LogP contribution in [0.5, 0.6) is 0 Å². The lowest BCUT2D eigenvalue weighted by atomic mass is 10.4. The molecule has 0 radical (unpaired) electrons.